The molecule has 0 atom stereocenters. The number of sulfone groups is 1. The number of aromatic nitrogens is 2. The summed E-state index contributed by atoms with van der Waals surface area (Å²) in [4.78, 5) is 16.0. The molecule has 6 nitrogen and oxygen atoms in total. The Hall–Kier alpha value is -1.41. The third-order valence-corrected chi connectivity index (χ3v) is 5.00. The van der Waals surface area contributed by atoms with Crippen LogP contribution in [0.5, 0.6) is 0 Å². The Balaban J connectivity index is 1.97. The van der Waals surface area contributed by atoms with Gasteiger partial charge in [-0.25, -0.2) is 13.4 Å². The van der Waals surface area contributed by atoms with Crippen LogP contribution in [0.1, 0.15) is 19.0 Å². The van der Waals surface area contributed by atoms with Gasteiger partial charge in [-0.3, -0.25) is 4.79 Å². The predicted molar refractivity (Wildman–Crippen MR) is 83.7 cm³/mol. The van der Waals surface area contributed by atoms with E-state index in [9.17, 15) is 13.2 Å². The topological polar surface area (TPSA) is 80.5 Å². The lowest BCUT2D eigenvalue weighted by atomic mass is 10.4. The number of carbonyl (C=O) groups is 1. The zero-order chi connectivity index (χ0) is 15.5. The Labute approximate surface area is 131 Å². The molecule has 2 aromatic heterocycles. The maximum Gasteiger partial charge on any atom is 0.235 e. The van der Waals surface area contributed by atoms with Gasteiger partial charge in [-0.1, -0.05) is 6.92 Å². The number of carbonyl (C=O) groups excluding carboxylic acids is 1. The van der Waals surface area contributed by atoms with E-state index in [0.29, 0.717) is 12.1 Å². The van der Waals surface area contributed by atoms with Crippen molar-refractivity contribution in [3.63, 3.8) is 0 Å². The molecule has 8 heteroatoms. The molecule has 0 aromatic carbocycles. The highest BCUT2D eigenvalue weighted by atomic mass is 79.9. The molecule has 0 unspecified atom stereocenters. The fourth-order valence-electron chi connectivity index (χ4n) is 1.93. The molecule has 0 aliphatic heterocycles. The molecule has 0 saturated heterocycles. The number of hydrogen-bond donors (Lipinski definition) is 1. The number of nitrogens with one attached hydrogen (secondary N) is 1. The molecular weight excluding hydrogens is 358 g/mol. The minimum Gasteiger partial charge on any atom is -0.350 e. The van der Waals surface area contributed by atoms with E-state index in [4.69, 9.17) is 0 Å². The summed E-state index contributed by atoms with van der Waals surface area (Å²) in [5.74, 6) is -0.940. The SMILES string of the molecule is CCCS(=O)(=O)CC(=O)NCc1cn2cc(Br)ccc2n1. The van der Waals surface area contributed by atoms with Crippen LogP contribution in [-0.2, 0) is 21.2 Å². The molecule has 0 bridgehead atoms. The minimum absolute atomic E-state index is 0.0306. The van der Waals surface area contributed by atoms with E-state index in [2.05, 4.69) is 26.2 Å². The summed E-state index contributed by atoms with van der Waals surface area (Å²) >= 11 is 3.37. The van der Waals surface area contributed by atoms with E-state index in [1.165, 1.54) is 0 Å². The third kappa shape index (κ3) is 4.53. The highest BCUT2D eigenvalue weighted by Gasteiger charge is 2.15. The molecule has 0 aliphatic rings. The van der Waals surface area contributed by atoms with Gasteiger partial charge < -0.3 is 9.72 Å². The molecule has 0 saturated carbocycles. The zero-order valence-corrected chi connectivity index (χ0v) is 13.9. The smallest absolute Gasteiger partial charge is 0.235 e. The fraction of sp³-hybridized carbons (Fsp3) is 0.385. The second-order valence-electron chi connectivity index (χ2n) is 4.71. The van der Waals surface area contributed by atoms with Crippen LogP contribution in [0.2, 0.25) is 0 Å². The van der Waals surface area contributed by atoms with Crippen LogP contribution in [0.4, 0.5) is 0 Å². The van der Waals surface area contributed by atoms with Gasteiger partial charge in [0.1, 0.15) is 11.4 Å². The molecule has 0 radical (unpaired) electrons. The van der Waals surface area contributed by atoms with Crippen LogP contribution in [0.25, 0.3) is 5.65 Å². The first-order valence-corrected chi connectivity index (χ1v) is 9.11. The van der Waals surface area contributed by atoms with Crippen LogP contribution in [0.3, 0.4) is 0 Å². The summed E-state index contributed by atoms with van der Waals surface area (Å²) in [6.07, 6.45) is 4.16. The molecule has 0 spiro atoms. The standard InChI is InChI=1S/C13H16BrN3O3S/c1-2-5-21(19,20)9-13(18)15-6-11-8-17-7-10(14)3-4-12(17)16-11/h3-4,7-8H,2,5-6,9H2,1H3,(H,15,18). The first kappa shape index (κ1) is 16.0. The van der Waals surface area contributed by atoms with E-state index >= 15 is 0 Å². The normalized spacial score (nSPS) is 11.7. The number of fused-ring (bicyclic) bond motifs is 1. The van der Waals surface area contributed by atoms with Crippen LogP contribution >= 0.6 is 15.9 Å². The predicted octanol–water partition coefficient (Wildman–Crippen LogP) is 1.54. The Bertz CT molecular complexity index is 755. The van der Waals surface area contributed by atoms with Gasteiger partial charge in [-0.2, -0.15) is 0 Å². The molecule has 1 amide bonds. The van der Waals surface area contributed by atoms with Gasteiger partial charge in [0.25, 0.3) is 0 Å². The van der Waals surface area contributed by atoms with E-state index in [1.54, 1.807) is 13.1 Å². The number of imidazole rings is 1. The molecule has 0 aliphatic carbocycles. The molecule has 2 rings (SSSR count). The highest BCUT2D eigenvalue weighted by Crippen LogP contribution is 2.12. The van der Waals surface area contributed by atoms with Crippen molar-refractivity contribution in [1.29, 1.82) is 0 Å². The first-order valence-electron chi connectivity index (χ1n) is 6.50. The van der Waals surface area contributed by atoms with Crippen LogP contribution in [0.15, 0.2) is 29.0 Å². The van der Waals surface area contributed by atoms with Gasteiger partial charge in [0.15, 0.2) is 9.84 Å². The Morgan fingerprint density at radius 1 is 1.38 bits per heavy atom. The summed E-state index contributed by atoms with van der Waals surface area (Å²) < 4.78 is 25.8. The van der Waals surface area contributed by atoms with Gasteiger partial charge >= 0.3 is 0 Å². The number of amides is 1. The molecule has 114 valence electrons. The zero-order valence-electron chi connectivity index (χ0n) is 11.5. The van der Waals surface area contributed by atoms with E-state index in [1.807, 2.05) is 22.7 Å². The van der Waals surface area contributed by atoms with Gasteiger partial charge in [-0.15, -0.1) is 0 Å². The number of hydrogen-bond acceptors (Lipinski definition) is 4. The van der Waals surface area contributed by atoms with Crippen LogP contribution in [0, 0.1) is 0 Å². The molecular formula is C13H16BrN3O3S. The molecule has 1 N–H and O–H groups in total. The number of rotatable bonds is 6. The first-order chi connectivity index (χ1) is 9.89. The van der Waals surface area contributed by atoms with Crippen LogP contribution < -0.4 is 5.32 Å². The average molecular weight is 374 g/mol. The number of nitrogens with zero attached hydrogens (tertiary/aromatic N) is 2. The van der Waals surface area contributed by atoms with Gasteiger partial charge in [-0.05, 0) is 34.5 Å². The summed E-state index contributed by atoms with van der Waals surface area (Å²) in [6, 6.07) is 3.73. The third-order valence-electron chi connectivity index (χ3n) is 2.80. The van der Waals surface area contributed by atoms with Crippen molar-refractivity contribution in [1.82, 2.24) is 14.7 Å². The largest absolute Gasteiger partial charge is 0.350 e. The van der Waals surface area contributed by atoms with Crippen LogP contribution in [-0.4, -0.2) is 35.2 Å². The maximum absolute atomic E-state index is 11.6. The molecule has 2 heterocycles. The van der Waals surface area contributed by atoms with E-state index < -0.39 is 21.5 Å². The molecule has 21 heavy (non-hydrogen) atoms. The second-order valence-corrected chi connectivity index (χ2v) is 7.81. The molecule has 0 fully saturated rings. The lowest BCUT2D eigenvalue weighted by Gasteiger charge is -2.03. The van der Waals surface area contributed by atoms with Crippen molar-refractivity contribution in [2.75, 3.05) is 11.5 Å². The van der Waals surface area contributed by atoms with Gasteiger partial charge in [0.2, 0.25) is 5.91 Å². The lowest BCUT2D eigenvalue weighted by molar-refractivity contribution is -0.118. The summed E-state index contributed by atoms with van der Waals surface area (Å²) in [5, 5.41) is 2.58. The summed E-state index contributed by atoms with van der Waals surface area (Å²) in [7, 11) is -3.31. The second kappa shape index (κ2) is 6.57. The number of halogens is 1. The monoisotopic (exact) mass is 373 g/mol. The highest BCUT2D eigenvalue weighted by molar-refractivity contribution is 9.10. The van der Waals surface area contributed by atoms with Gasteiger partial charge in [0, 0.05) is 16.9 Å². The summed E-state index contributed by atoms with van der Waals surface area (Å²) in [5.41, 5.74) is 1.44. The summed E-state index contributed by atoms with van der Waals surface area (Å²) in [6.45, 7) is 1.98. The average Bonchev–Trinajstić information content (AvgIpc) is 2.77. The van der Waals surface area contributed by atoms with Crippen molar-refractivity contribution in [3.8, 4) is 0 Å². The van der Waals surface area contributed by atoms with Crippen molar-refractivity contribution < 1.29 is 13.2 Å². The Morgan fingerprint density at radius 2 is 2.14 bits per heavy atom. The minimum atomic E-state index is -3.31. The van der Waals surface area contributed by atoms with E-state index in [-0.39, 0.29) is 12.3 Å². The van der Waals surface area contributed by atoms with Crippen molar-refractivity contribution in [2.24, 2.45) is 0 Å². The number of pyridine rings is 1. The van der Waals surface area contributed by atoms with Crippen molar-refractivity contribution in [2.45, 2.75) is 19.9 Å². The fourth-order valence-corrected chi connectivity index (χ4v) is 3.55. The Kier molecular flexibility index (Phi) is 5.00. The Morgan fingerprint density at radius 3 is 2.86 bits per heavy atom. The lowest BCUT2D eigenvalue weighted by Crippen LogP contribution is -2.30. The van der Waals surface area contributed by atoms with Gasteiger partial charge in [0.05, 0.1) is 18.0 Å². The van der Waals surface area contributed by atoms with E-state index in [0.717, 1.165) is 10.1 Å². The maximum atomic E-state index is 11.6. The van der Waals surface area contributed by atoms with Crippen molar-refractivity contribution >= 4 is 37.3 Å². The quantitative estimate of drug-likeness (QED) is 0.832. The molecule has 2 aromatic rings. The van der Waals surface area contributed by atoms with Crippen molar-refractivity contribution in [3.05, 3.63) is 34.7 Å².